The summed E-state index contributed by atoms with van der Waals surface area (Å²) in [6.45, 7) is 0. The summed E-state index contributed by atoms with van der Waals surface area (Å²) >= 11 is 3.55. The largest absolute Gasteiger partial charge is 0.456 e. The number of benzene rings is 11. The van der Waals surface area contributed by atoms with E-state index in [2.05, 4.69) is 173 Å². The van der Waals surface area contributed by atoms with Gasteiger partial charge in [-0.1, -0.05) is 121 Å². The monoisotopic (exact) mass is 1000 g/mol. The molecule has 0 N–H and O–H groups in total. The van der Waals surface area contributed by atoms with Gasteiger partial charge in [0, 0.05) is 94.6 Å². The van der Waals surface area contributed by atoms with E-state index in [-0.39, 0.29) is 0 Å². The number of fused-ring (bicyclic) bond motifs is 18. The molecule has 0 amide bonds. The molecule has 350 valence electrons. The lowest BCUT2D eigenvalue weighted by Gasteiger charge is -2.25. The number of aromatic nitrogens is 2. The average molecular weight is 1000 g/mol. The highest BCUT2D eigenvalue weighted by Crippen LogP contribution is 2.52. The molecular weight excluding hydrogens is 969 g/mol. The normalized spacial score (nSPS) is 12.2. The number of nitriles is 2. The molecule has 0 saturated heterocycles. The third kappa shape index (κ3) is 5.56. The molecule has 8 heteroatoms. The Balaban J connectivity index is 1.13. The number of thiophene rings is 2. The summed E-state index contributed by atoms with van der Waals surface area (Å²) in [6, 6.07) is 77.9. The molecule has 0 aliphatic rings. The Morgan fingerprint density at radius 1 is 0.303 bits per heavy atom. The first-order valence-electron chi connectivity index (χ1n) is 25.2. The van der Waals surface area contributed by atoms with Crippen molar-refractivity contribution < 1.29 is 8.83 Å². The summed E-state index contributed by atoms with van der Waals surface area (Å²) in [5, 5.41) is 37.5. The number of hydrogen-bond donors (Lipinski definition) is 0. The maximum Gasteiger partial charge on any atom is 0.135 e. The number of para-hydroxylation sites is 4. The van der Waals surface area contributed by atoms with Gasteiger partial charge < -0.3 is 18.0 Å². The van der Waals surface area contributed by atoms with Gasteiger partial charge in [-0.25, -0.2) is 0 Å². The molecule has 0 fully saturated rings. The summed E-state index contributed by atoms with van der Waals surface area (Å²) in [5.41, 5.74) is 11.8. The van der Waals surface area contributed by atoms with E-state index in [1.807, 2.05) is 54.6 Å². The molecule has 0 spiro atoms. The van der Waals surface area contributed by atoms with E-state index in [0.717, 1.165) is 114 Å². The van der Waals surface area contributed by atoms with Crippen LogP contribution in [0.15, 0.2) is 215 Å². The smallest absolute Gasteiger partial charge is 0.135 e. The SMILES string of the molecule is N#Cc1c(-c2ccc3oc4ccccc4c3c2)c(C#N)c(-n2c3ccccc3c3cc4c(cc32)sc2ccccc24)c(-c2ccc3oc4ccccc4c3c2)c1-n1c2ccccc2c2cc3c(cc21)sc1ccccc13. The van der Waals surface area contributed by atoms with E-state index in [1.54, 1.807) is 22.7 Å². The molecular formula is C68H34N4O2S2. The molecule has 6 heterocycles. The third-order valence-electron chi connectivity index (χ3n) is 15.8. The molecule has 0 saturated carbocycles. The van der Waals surface area contributed by atoms with Crippen LogP contribution in [0.2, 0.25) is 0 Å². The predicted octanol–water partition coefficient (Wildman–Crippen LogP) is 19.5. The Bertz CT molecular complexity index is 5300. The van der Waals surface area contributed by atoms with Gasteiger partial charge in [0.1, 0.15) is 34.5 Å². The van der Waals surface area contributed by atoms with Gasteiger partial charge in [0.15, 0.2) is 0 Å². The van der Waals surface area contributed by atoms with Gasteiger partial charge in [-0.2, -0.15) is 10.5 Å². The predicted molar refractivity (Wildman–Crippen MR) is 316 cm³/mol. The van der Waals surface area contributed by atoms with Crippen LogP contribution in [0.3, 0.4) is 0 Å². The zero-order valence-corrected chi connectivity index (χ0v) is 41.7. The topological polar surface area (TPSA) is 83.7 Å². The van der Waals surface area contributed by atoms with Crippen LogP contribution < -0.4 is 0 Å². The molecule has 76 heavy (non-hydrogen) atoms. The fraction of sp³-hybridized carbons (Fsp3) is 0. The van der Waals surface area contributed by atoms with Crippen molar-refractivity contribution in [3.8, 4) is 45.8 Å². The fourth-order valence-corrected chi connectivity index (χ4v) is 14.8. The van der Waals surface area contributed by atoms with Crippen molar-refractivity contribution in [3.05, 3.63) is 217 Å². The number of furan rings is 2. The van der Waals surface area contributed by atoms with Gasteiger partial charge in [-0.3, -0.25) is 0 Å². The quantitative estimate of drug-likeness (QED) is 0.176. The minimum absolute atomic E-state index is 0.381. The fourth-order valence-electron chi connectivity index (χ4n) is 12.6. The molecule has 0 radical (unpaired) electrons. The van der Waals surface area contributed by atoms with Crippen LogP contribution >= 0.6 is 22.7 Å². The van der Waals surface area contributed by atoms with E-state index in [1.165, 1.54) is 30.9 Å². The standard InChI is InChI=1S/C68H34N4O2S2/c69-35-51-65(37-25-27-59-47(29-37)41-15-3-9-21-57(41)73-59)52(36-70)68(72-54-20-8-2-14-40(54)46-32-50-44-18-6-12-24-62(44)76-64(50)34-56(46)72)66(38-26-28-60-48(30-38)42-16-4-10-22-58(42)74-60)67(51)71-53-19-7-1-13-39(53)45-31-49-43-17-5-11-23-61(43)75-63(49)33-55(45)71/h1-34H. The van der Waals surface area contributed by atoms with Crippen molar-refractivity contribution >= 4 is 151 Å². The third-order valence-corrected chi connectivity index (χ3v) is 18.1. The average Bonchev–Trinajstić information content (AvgIpc) is 4.45. The summed E-state index contributed by atoms with van der Waals surface area (Å²) in [6.07, 6.45) is 0. The van der Waals surface area contributed by atoms with E-state index < -0.39 is 0 Å². The van der Waals surface area contributed by atoms with Gasteiger partial charge in [0.2, 0.25) is 0 Å². The second-order valence-electron chi connectivity index (χ2n) is 19.7. The van der Waals surface area contributed by atoms with Gasteiger partial charge in [0.05, 0.1) is 44.6 Å². The van der Waals surface area contributed by atoms with Crippen LogP contribution in [0.5, 0.6) is 0 Å². The highest BCUT2D eigenvalue weighted by atomic mass is 32.1. The van der Waals surface area contributed by atoms with Crippen molar-refractivity contribution in [1.82, 2.24) is 9.13 Å². The molecule has 0 bridgehead atoms. The minimum Gasteiger partial charge on any atom is -0.456 e. The lowest BCUT2D eigenvalue weighted by molar-refractivity contribution is 0.668. The van der Waals surface area contributed by atoms with E-state index >= 15 is 0 Å². The molecule has 17 rings (SSSR count). The Kier molecular flexibility index (Phi) is 8.36. The Morgan fingerprint density at radius 2 is 0.697 bits per heavy atom. The first-order valence-corrected chi connectivity index (χ1v) is 26.8. The summed E-state index contributed by atoms with van der Waals surface area (Å²) in [5.74, 6) is 0. The Labute approximate surface area is 439 Å². The van der Waals surface area contributed by atoms with E-state index in [0.29, 0.717) is 28.1 Å². The lowest BCUT2D eigenvalue weighted by atomic mass is 9.85. The van der Waals surface area contributed by atoms with Crippen molar-refractivity contribution in [2.24, 2.45) is 0 Å². The molecule has 17 aromatic rings. The molecule has 0 unspecified atom stereocenters. The first-order chi connectivity index (χ1) is 37.6. The van der Waals surface area contributed by atoms with Crippen LogP contribution in [0, 0.1) is 22.7 Å². The van der Waals surface area contributed by atoms with Crippen LogP contribution in [0.1, 0.15) is 11.1 Å². The summed E-state index contributed by atoms with van der Waals surface area (Å²) in [7, 11) is 0. The maximum atomic E-state index is 12.3. The van der Waals surface area contributed by atoms with Crippen molar-refractivity contribution in [1.29, 1.82) is 10.5 Å². The van der Waals surface area contributed by atoms with Gasteiger partial charge in [-0.05, 0) is 96.1 Å². The molecule has 6 nitrogen and oxygen atoms in total. The van der Waals surface area contributed by atoms with E-state index in [9.17, 15) is 10.5 Å². The number of nitrogens with zero attached hydrogens (tertiary/aromatic N) is 4. The highest BCUT2D eigenvalue weighted by Gasteiger charge is 2.33. The van der Waals surface area contributed by atoms with Crippen molar-refractivity contribution in [3.63, 3.8) is 0 Å². The zero-order chi connectivity index (χ0) is 49.9. The second-order valence-corrected chi connectivity index (χ2v) is 21.8. The summed E-state index contributed by atoms with van der Waals surface area (Å²) < 4.78 is 22.3. The number of hydrogen-bond acceptors (Lipinski definition) is 6. The van der Waals surface area contributed by atoms with Gasteiger partial charge in [0.25, 0.3) is 0 Å². The molecule has 0 atom stereocenters. The maximum absolute atomic E-state index is 12.3. The van der Waals surface area contributed by atoms with Crippen LogP contribution in [0.25, 0.3) is 161 Å². The Hall–Kier alpha value is -9.96. The van der Waals surface area contributed by atoms with Crippen molar-refractivity contribution in [2.45, 2.75) is 0 Å². The lowest BCUT2D eigenvalue weighted by Crippen LogP contribution is -2.11. The van der Waals surface area contributed by atoms with E-state index in [4.69, 9.17) is 8.83 Å². The van der Waals surface area contributed by atoms with Gasteiger partial charge >= 0.3 is 0 Å². The van der Waals surface area contributed by atoms with Crippen LogP contribution in [-0.2, 0) is 0 Å². The zero-order valence-electron chi connectivity index (χ0n) is 40.1. The van der Waals surface area contributed by atoms with Gasteiger partial charge in [-0.15, -0.1) is 22.7 Å². The molecule has 0 aliphatic heterocycles. The van der Waals surface area contributed by atoms with Crippen LogP contribution in [0.4, 0.5) is 0 Å². The van der Waals surface area contributed by atoms with Crippen LogP contribution in [-0.4, -0.2) is 9.13 Å². The molecule has 6 aromatic heterocycles. The molecule has 11 aromatic carbocycles. The first kappa shape index (κ1) is 41.5. The summed E-state index contributed by atoms with van der Waals surface area (Å²) in [4.78, 5) is 0. The Morgan fingerprint density at radius 3 is 1.17 bits per heavy atom. The highest BCUT2D eigenvalue weighted by molar-refractivity contribution is 7.26. The second kappa shape index (κ2) is 15.3. The molecule has 0 aliphatic carbocycles. The van der Waals surface area contributed by atoms with Crippen molar-refractivity contribution in [2.75, 3.05) is 0 Å². The minimum atomic E-state index is 0.381. The number of rotatable bonds is 4.